The van der Waals surface area contributed by atoms with E-state index in [2.05, 4.69) is 9.71 Å². The van der Waals surface area contributed by atoms with Crippen LogP contribution in [0.3, 0.4) is 0 Å². The Kier molecular flexibility index (Phi) is 4.13. The number of hydrogen-bond acceptors (Lipinski definition) is 4. The van der Waals surface area contributed by atoms with Crippen LogP contribution in [-0.4, -0.2) is 19.3 Å². The fourth-order valence-corrected chi connectivity index (χ4v) is 3.44. The molecular weight excluding hydrogens is 350 g/mol. The minimum atomic E-state index is -3.74. The van der Waals surface area contributed by atoms with Crippen molar-refractivity contribution in [3.8, 4) is 0 Å². The van der Waals surface area contributed by atoms with Gasteiger partial charge in [-0.3, -0.25) is 14.5 Å². The minimum Gasteiger partial charge on any atom is -0.364 e. The van der Waals surface area contributed by atoms with Crippen LogP contribution in [0.4, 0.5) is 5.69 Å². The number of anilines is 1. The molecule has 0 atom stereocenters. The third-order valence-electron chi connectivity index (χ3n) is 3.37. The summed E-state index contributed by atoms with van der Waals surface area (Å²) in [5.41, 5.74) is 5.78. The SMILES string of the molecule is NC(=O)c1nccc2cc(NS(=O)(=O)c3ccc(Cl)cc3)ccc12. The molecule has 1 heterocycles. The number of nitrogens with two attached hydrogens (primary N) is 1. The number of carbonyl (C=O) groups excluding carboxylic acids is 1. The van der Waals surface area contributed by atoms with E-state index in [0.717, 1.165) is 0 Å². The highest BCUT2D eigenvalue weighted by atomic mass is 35.5. The summed E-state index contributed by atoms with van der Waals surface area (Å²) in [4.78, 5) is 15.4. The van der Waals surface area contributed by atoms with Gasteiger partial charge in [0, 0.05) is 22.3 Å². The van der Waals surface area contributed by atoms with Gasteiger partial charge >= 0.3 is 0 Å². The topological polar surface area (TPSA) is 102 Å². The lowest BCUT2D eigenvalue weighted by Crippen LogP contribution is -2.14. The lowest BCUT2D eigenvalue weighted by molar-refractivity contribution is 0.0997. The van der Waals surface area contributed by atoms with Gasteiger partial charge in [0.15, 0.2) is 0 Å². The summed E-state index contributed by atoms with van der Waals surface area (Å²) in [6, 6.07) is 12.3. The van der Waals surface area contributed by atoms with Crippen LogP contribution in [0.1, 0.15) is 10.5 Å². The van der Waals surface area contributed by atoms with Crippen molar-refractivity contribution in [3.05, 3.63) is 65.4 Å². The average molecular weight is 362 g/mol. The van der Waals surface area contributed by atoms with Gasteiger partial charge in [-0.1, -0.05) is 11.6 Å². The Morgan fingerprint density at radius 3 is 2.46 bits per heavy atom. The summed E-state index contributed by atoms with van der Waals surface area (Å²) in [5.74, 6) is -0.643. The van der Waals surface area contributed by atoms with Crippen molar-refractivity contribution in [1.82, 2.24) is 4.98 Å². The maximum Gasteiger partial charge on any atom is 0.267 e. The van der Waals surface area contributed by atoms with Crippen molar-refractivity contribution in [3.63, 3.8) is 0 Å². The van der Waals surface area contributed by atoms with E-state index in [9.17, 15) is 13.2 Å². The first kappa shape index (κ1) is 16.2. The van der Waals surface area contributed by atoms with Crippen molar-refractivity contribution in [2.45, 2.75) is 4.90 Å². The predicted octanol–water partition coefficient (Wildman–Crippen LogP) is 2.79. The number of fused-ring (bicyclic) bond motifs is 1. The van der Waals surface area contributed by atoms with Crippen LogP contribution in [-0.2, 0) is 10.0 Å². The molecule has 0 spiro atoms. The monoisotopic (exact) mass is 361 g/mol. The highest BCUT2D eigenvalue weighted by Gasteiger charge is 2.15. The molecule has 24 heavy (non-hydrogen) atoms. The van der Waals surface area contributed by atoms with Crippen LogP contribution in [0.5, 0.6) is 0 Å². The van der Waals surface area contributed by atoms with Crippen LogP contribution in [0, 0.1) is 0 Å². The molecule has 1 amide bonds. The summed E-state index contributed by atoms with van der Waals surface area (Å²) in [7, 11) is -3.74. The zero-order valence-corrected chi connectivity index (χ0v) is 13.8. The third kappa shape index (κ3) is 3.17. The Labute approximate surface area is 143 Å². The number of primary amides is 1. The van der Waals surface area contributed by atoms with E-state index in [1.165, 1.54) is 30.5 Å². The van der Waals surface area contributed by atoms with E-state index >= 15 is 0 Å². The van der Waals surface area contributed by atoms with E-state index in [1.807, 2.05) is 0 Å². The predicted molar refractivity (Wildman–Crippen MR) is 92.5 cm³/mol. The summed E-state index contributed by atoms with van der Waals surface area (Å²) in [5, 5.41) is 1.65. The number of pyridine rings is 1. The highest BCUT2D eigenvalue weighted by molar-refractivity contribution is 7.92. The average Bonchev–Trinajstić information content (AvgIpc) is 2.54. The molecule has 8 heteroatoms. The van der Waals surface area contributed by atoms with Crippen LogP contribution >= 0.6 is 11.6 Å². The number of sulfonamides is 1. The molecule has 0 saturated heterocycles. The second kappa shape index (κ2) is 6.10. The molecule has 0 bridgehead atoms. The molecule has 3 rings (SSSR count). The van der Waals surface area contributed by atoms with Gasteiger partial charge in [-0.25, -0.2) is 8.42 Å². The minimum absolute atomic E-state index is 0.0968. The molecule has 1 aromatic heterocycles. The van der Waals surface area contributed by atoms with Gasteiger partial charge in [0.05, 0.1) is 4.90 Å². The number of amides is 1. The van der Waals surface area contributed by atoms with Crippen molar-refractivity contribution in [2.75, 3.05) is 4.72 Å². The first-order chi connectivity index (χ1) is 11.4. The molecule has 3 N–H and O–H groups in total. The van der Waals surface area contributed by atoms with Gasteiger partial charge in [0.2, 0.25) is 0 Å². The Morgan fingerprint density at radius 1 is 1.08 bits per heavy atom. The third-order valence-corrected chi connectivity index (χ3v) is 5.02. The van der Waals surface area contributed by atoms with Crippen LogP contribution in [0.25, 0.3) is 10.8 Å². The summed E-state index contributed by atoms with van der Waals surface area (Å²) >= 11 is 5.77. The normalized spacial score (nSPS) is 11.4. The van der Waals surface area contributed by atoms with E-state index in [4.69, 9.17) is 17.3 Å². The number of halogens is 1. The zero-order valence-electron chi connectivity index (χ0n) is 12.2. The van der Waals surface area contributed by atoms with Gasteiger partial charge < -0.3 is 5.73 Å². The molecule has 0 aliphatic heterocycles. The van der Waals surface area contributed by atoms with Crippen LogP contribution < -0.4 is 10.5 Å². The number of hydrogen-bond donors (Lipinski definition) is 2. The molecule has 0 aliphatic carbocycles. The quantitative estimate of drug-likeness (QED) is 0.745. The number of nitrogens with one attached hydrogen (secondary N) is 1. The Morgan fingerprint density at radius 2 is 1.79 bits per heavy atom. The Bertz CT molecular complexity index is 1030. The smallest absolute Gasteiger partial charge is 0.267 e. The van der Waals surface area contributed by atoms with E-state index in [0.29, 0.717) is 21.5 Å². The Hall–Kier alpha value is -2.64. The molecule has 0 aliphatic rings. The lowest BCUT2D eigenvalue weighted by Gasteiger charge is -2.10. The number of benzene rings is 2. The van der Waals surface area contributed by atoms with Crippen molar-refractivity contribution < 1.29 is 13.2 Å². The van der Waals surface area contributed by atoms with E-state index < -0.39 is 15.9 Å². The zero-order chi connectivity index (χ0) is 17.3. The maximum atomic E-state index is 12.4. The number of nitrogens with zero attached hydrogens (tertiary/aromatic N) is 1. The van der Waals surface area contributed by atoms with E-state index in [1.54, 1.807) is 24.3 Å². The van der Waals surface area contributed by atoms with Crippen molar-refractivity contribution >= 4 is 44.0 Å². The van der Waals surface area contributed by atoms with E-state index in [-0.39, 0.29) is 10.6 Å². The fraction of sp³-hybridized carbons (Fsp3) is 0. The highest BCUT2D eigenvalue weighted by Crippen LogP contribution is 2.23. The van der Waals surface area contributed by atoms with Crippen molar-refractivity contribution in [2.24, 2.45) is 5.73 Å². The molecule has 0 radical (unpaired) electrons. The Balaban J connectivity index is 1.98. The first-order valence-corrected chi connectivity index (χ1v) is 8.70. The maximum absolute atomic E-state index is 12.4. The number of carbonyl (C=O) groups is 1. The number of aromatic nitrogens is 1. The lowest BCUT2D eigenvalue weighted by atomic mass is 10.1. The second-order valence-corrected chi connectivity index (χ2v) is 7.14. The van der Waals surface area contributed by atoms with Gasteiger partial charge in [0.1, 0.15) is 5.69 Å². The first-order valence-electron chi connectivity index (χ1n) is 6.84. The molecule has 3 aromatic rings. The van der Waals surface area contributed by atoms with Gasteiger partial charge in [-0.05, 0) is 53.9 Å². The molecule has 122 valence electrons. The summed E-state index contributed by atoms with van der Waals surface area (Å²) in [6.45, 7) is 0. The van der Waals surface area contributed by atoms with Crippen molar-refractivity contribution in [1.29, 1.82) is 0 Å². The van der Waals surface area contributed by atoms with Gasteiger partial charge in [-0.2, -0.15) is 0 Å². The standard InChI is InChI=1S/C16H12ClN3O3S/c17-11-1-4-13(5-2-11)24(22,23)20-12-3-6-14-10(9-12)7-8-19-15(14)16(18)21/h1-9,20H,(H2,18,21). The number of rotatable bonds is 4. The van der Waals surface area contributed by atoms with Crippen LogP contribution in [0.15, 0.2) is 59.6 Å². The largest absolute Gasteiger partial charge is 0.364 e. The molecule has 0 saturated carbocycles. The molecule has 2 aromatic carbocycles. The summed E-state index contributed by atoms with van der Waals surface area (Å²) < 4.78 is 27.3. The molecular formula is C16H12ClN3O3S. The summed E-state index contributed by atoms with van der Waals surface area (Å²) in [6.07, 6.45) is 1.44. The van der Waals surface area contributed by atoms with Crippen LogP contribution in [0.2, 0.25) is 5.02 Å². The second-order valence-electron chi connectivity index (χ2n) is 5.02. The molecule has 0 unspecified atom stereocenters. The molecule has 0 fully saturated rings. The van der Waals surface area contributed by atoms with Gasteiger partial charge in [-0.15, -0.1) is 0 Å². The van der Waals surface area contributed by atoms with Gasteiger partial charge in [0.25, 0.3) is 15.9 Å². The fourth-order valence-electron chi connectivity index (χ4n) is 2.27. The molecule has 6 nitrogen and oxygen atoms in total.